The number of benzene rings is 2. The zero-order chi connectivity index (χ0) is 30.9. The van der Waals surface area contributed by atoms with Gasteiger partial charge in [-0.1, -0.05) is 99.4 Å². The van der Waals surface area contributed by atoms with Gasteiger partial charge in [-0.2, -0.15) is 0 Å². The van der Waals surface area contributed by atoms with Crippen LogP contribution < -0.4 is 15.6 Å². The first kappa shape index (κ1) is 35.3. The van der Waals surface area contributed by atoms with Crippen molar-refractivity contribution < 1.29 is 19.5 Å². The van der Waals surface area contributed by atoms with E-state index in [1.165, 1.54) is 11.1 Å². The van der Waals surface area contributed by atoms with E-state index in [0.29, 0.717) is 10.7 Å². The fourth-order valence-corrected chi connectivity index (χ4v) is 3.81. The molecule has 3 N–H and O–H groups in total. The maximum atomic E-state index is 10.9. The number of nitrogen functional groups attached to an aromatic ring is 1. The fourth-order valence-electron chi connectivity index (χ4n) is 3.69. The molecule has 6 nitrogen and oxygen atoms in total. The van der Waals surface area contributed by atoms with E-state index in [2.05, 4.69) is 66.7 Å². The molecule has 0 saturated heterocycles. The van der Waals surface area contributed by atoms with Gasteiger partial charge in [-0.15, -0.1) is 0 Å². The largest absolute Gasteiger partial charge is 0.481 e. The van der Waals surface area contributed by atoms with Crippen LogP contribution in [0.4, 0.5) is 11.4 Å². The Morgan fingerprint density at radius 3 is 1.98 bits per heavy atom. The molecule has 224 valence electrons. The minimum atomic E-state index is -1.06. The number of rotatable bonds is 12. The second-order valence-electron chi connectivity index (χ2n) is 12.7. The van der Waals surface area contributed by atoms with Crippen molar-refractivity contribution in [1.82, 2.24) is 0 Å². The lowest BCUT2D eigenvalue weighted by Gasteiger charge is -2.32. The van der Waals surface area contributed by atoms with Gasteiger partial charge in [-0.3, -0.25) is 9.59 Å². The molecule has 0 radical (unpaired) electrons. The van der Waals surface area contributed by atoms with Gasteiger partial charge in [-0.05, 0) is 59.9 Å². The summed E-state index contributed by atoms with van der Waals surface area (Å²) in [7, 11) is 0. The summed E-state index contributed by atoms with van der Waals surface area (Å²) in [6, 6.07) is 12.4. The van der Waals surface area contributed by atoms with E-state index >= 15 is 0 Å². The number of carbonyl (C=O) groups excluding carboxylic acids is 1. The molecule has 0 fully saturated rings. The molecule has 0 amide bonds. The van der Waals surface area contributed by atoms with Crippen molar-refractivity contribution in [2.45, 2.75) is 112 Å². The number of anilines is 2. The predicted molar refractivity (Wildman–Crippen MR) is 169 cm³/mol. The van der Waals surface area contributed by atoms with Crippen LogP contribution in [0.1, 0.15) is 112 Å². The number of hydrogen-bond donors (Lipinski definition) is 2. The number of aliphatic carboxylic acids is 1. The summed E-state index contributed by atoms with van der Waals surface area (Å²) < 4.78 is 0. The molecule has 0 unspecified atom stereocenters. The molecule has 0 aliphatic carbocycles. The van der Waals surface area contributed by atoms with E-state index < -0.39 is 11.4 Å². The van der Waals surface area contributed by atoms with Crippen molar-refractivity contribution >= 4 is 34.7 Å². The van der Waals surface area contributed by atoms with Crippen molar-refractivity contribution in [3.8, 4) is 5.75 Å². The minimum absolute atomic E-state index is 0.00458. The molecule has 40 heavy (non-hydrogen) atoms. The Morgan fingerprint density at radius 1 is 0.925 bits per heavy atom. The average Bonchev–Trinajstić information content (AvgIpc) is 2.87. The summed E-state index contributed by atoms with van der Waals surface area (Å²) in [5.74, 6) is -0.387. The maximum absolute atomic E-state index is 10.9. The monoisotopic (exact) mass is 574 g/mol. The summed E-state index contributed by atoms with van der Waals surface area (Å²) in [6.07, 6.45) is 3.85. The van der Waals surface area contributed by atoms with Crippen LogP contribution in [-0.2, 0) is 20.4 Å². The quantitative estimate of drug-likeness (QED) is 0.149. The number of halogens is 1. The third kappa shape index (κ3) is 10.3. The smallest absolute Gasteiger partial charge is 0.310 e. The third-order valence-electron chi connectivity index (χ3n) is 7.60. The number of nitrogens with two attached hydrogens (primary N) is 1. The first-order valence-electron chi connectivity index (χ1n) is 14.3. The third-order valence-corrected chi connectivity index (χ3v) is 7.94. The lowest BCUT2D eigenvalue weighted by molar-refractivity contribution is -0.142. The number of hydroxylamine groups is 1. The van der Waals surface area contributed by atoms with Crippen LogP contribution in [0.3, 0.4) is 0 Å². The first-order valence-corrected chi connectivity index (χ1v) is 14.7. The van der Waals surface area contributed by atoms with Crippen LogP contribution in [0.5, 0.6) is 5.75 Å². The van der Waals surface area contributed by atoms with Crippen molar-refractivity contribution in [2.75, 3.05) is 17.3 Å². The molecule has 0 aromatic heterocycles. The Balaban J connectivity index is 0.000000680. The molecule has 0 heterocycles. The highest BCUT2D eigenvalue weighted by Gasteiger charge is 2.28. The Morgan fingerprint density at radius 2 is 1.52 bits per heavy atom. The van der Waals surface area contributed by atoms with Gasteiger partial charge in [0.05, 0.1) is 22.9 Å². The zero-order valence-electron chi connectivity index (χ0n) is 26.3. The second kappa shape index (κ2) is 14.8. The van der Waals surface area contributed by atoms with E-state index in [1.807, 2.05) is 23.3 Å². The Labute approximate surface area is 247 Å². The molecular weight excluding hydrogens is 524 g/mol. The number of carbonyl (C=O) groups is 2. The molecule has 0 bridgehead atoms. The highest BCUT2D eigenvalue weighted by Crippen LogP contribution is 2.39. The topological polar surface area (TPSA) is 92.9 Å². The van der Waals surface area contributed by atoms with Gasteiger partial charge >= 0.3 is 5.97 Å². The number of ketones is 1. The molecule has 0 saturated carbocycles. The molecule has 2 aromatic rings. The molecular formula is C33H51ClN2O4. The second-order valence-corrected chi connectivity index (χ2v) is 13.1. The fraction of sp³-hybridized carbons (Fsp3) is 0.576. The van der Waals surface area contributed by atoms with Gasteiger partial charge in [0.25, 0.3) is 0 Å². The standard InChI is InChI=1S/C26H39ClN2O.C7H12O3/c1-8-11-16-29(20-13-14-22(27)23(28)18-20)30-24-15-12-19(25(4,5)9-2)17-21(24)26(6,7)10-3;1-7(2,3)5(8)4-6(9)10/h12-15,17-18H,8-11,16,28H2,1-7H3;4H2,1-3H3,(H,9,10). The lowest BCUT2D eigenvalue weighted by Crippen LogP contribution is -2.30. The lowest BCUT2D eigenvalue weighted by atomic mass is 9.76. The molecule has 2 rings (SSSR count). The van der Waals surface area contributed by atoms with E-state index in [1.54, 1.807) is 20.8 Å². The molecule has 0 spiro atoms. The Bertz CT molecular complexity index is 1140. The van der Waals surface area contributed by atoms with Crippen molar-refractivity contribution in [2.24, 2.45) is 5.41 Å². The van der Waals surface area contributed by atoms with Crippen molar-refractivity contribution in [1.29, 1.82) is 0 Å². The van der Waals surface area contributed by atoms with Gasteiger partial charge in [0.15, 0.2) is 5.75 Å². The van der Waals surface area contributed by atoms with Crippen LogP contribution in [0, 0.1) is 5.41 Å². The van der Waals surface area contributed by atoms with Crippen LogP contribution in [0.15, 0.2) is 36.4 Å². The van der Waals surface area contributed by atoms with Crippen molar-refractivity contribution in [3.63, 3.8) is 0 Å². The summed E-state index contributed by atoms with van der Waals surface area (Å²) in [5.41, 5.74) is 9.75. The Hall–Kier alpha value is -2.73. The zero-order valence-corrected chi connectivity index (χ0v) is 27.0. The number of Topliss-reactive ketones (excluding diaryl/α,β-unsaturated/α-hetero) is 1. The van der Waals surface area contributed by atoms with Gasteiger partial charge < -0.3 is 15.7 Å². The predicted octanol–water partition coefficient (Wildman–Crippen LogP) is 8.97. The van der Waals surface area contributed by atoms with Gasteiger partial charge in [0, 0.05) is 11.0 Å². The average molecular weight is 575 g/mol. The van der Waals surface area contributed by atoms with E-state index in [9.17, 15) is 9.59 Å². The van der Waals surface area contributed by atoms with Crippen LogP contribution in [-0.4, -0.2) is 23.4 Å². The number of carboxylic acid groups (broad SMARTS) is 1. The Kier molecular flexibility index (Phi) is 13.0. The van der Waals surface area contributed by atoms with Gasteiger partial charge in [0.2, 0.25) is 0 Å². The highest BCUT2D eigenvalue weighted by molar-refractivity contribution is 6.33. The van der Waals surface area contributed by atoms with E-state index in [4.69, 9.17) is 27.3 Å². The summed E-state index contributed by atoms with van der Waals surface area (Å²) >= 11 is 6.14. The SMILES string of the molecule is CC(C)(C)C(=O)CC(=O)O.CCCCN(Oc1ccc(C(C)(C)CC)cc1C(C)(C)CC)c1ccc(Cl)c(N)c1. The van der Waals surface area contributed by atoms with Crippen LogP contribution >= 0.6 is 11.6 Å². The molecule has 7 heteroatoms. The van der Waals surface area contributed by atoms with Crippen LogP contribution in [0.25, 0.3) is 0 Å². The highest BCUT2D eigenvalue weighted by atomic mass is 35.5. The number of hydrogen-bond acceptors (Lipinski definition) is 5. The molecule has 0 aliphatic heterocycles. The molecule has 0 atom stereocenters. The van der Waals surface area contributed by atoms with Crippen molar-refractivity contribution in [3.05, 3.63) is 52.5 Å². The molecule has 2 aromatic carbocycles. The van der Waals surface area contributed by atoms with Crippen LogP contribution in [0.2, 0.25) is 5.02 Å². The number of carboxylic acids is 1. The summed E-state index contributed by atoms with van der Waals surface area (Å²) in [5, 5.41) is 10.7. The van der Waals surface area contributed by atoms with Gasteiger partial charge in [0.1, 0.15) is 12.2 Å². The summed E-state index contributed by atoms with van der Waals surface area (Å²) in [4.78, 5) is 27.5. The van der Waals surface area contributed by atoms with E-state index in [-0.39, 0.29) is 23.0 Å². The molecule has 0 aliphatic rings. The van der Waals surface area contributed by atoms with Gasteiger partial charge in [-0.25, -0.2) is 5.06 Å². The normalized spacial score (nSPS) is 11.9. The first-order chi connectivity index (χ1) is 18.4. The maximum Gasteiger partial charge on any atom is 0.310 e. The van der Waals surface area contributed by atoms with E-state index in [0.717, 1.165) is 43.7 Å². The number of unbranched alkanes of at least 4 members (excludes halogenated alkanes) is 1. The summed E-state index contributed by atoms with van der Waals surface area (Å²) in [6.45, 7) is 21.7. The minimum Gasteiger partial charge on any atom is -0.481 e. The number of nitrogens with zero attached hydrogens (tertiary/aromatic N) is 1.